The molecule has 1 aromatic heterocycles. The summed E-state index contributed by atoms with van der Waals surface area (Å²) in [7, 11) is 3.04. The summed E-state index contributed by atoms with van der Waals surface area (Å²) in [4.78, 5) is 12.5. The molecule has 1 N–H and O–H groups in total. The quantitative estimate of drug-likeness (QED) is 0.659. The number of anilines is 1. The van der Waals surface area contributed by atoms with Crippen molar-refractivity contribution < 1.29 is 14.3 Å². The number of nitrogens with zero attached hydrogens (tertiary/aromatic N) is 3. The lowest BCUT2D eigenvalue weighted by Gasteiger charge is -2.14. The maximum absolute atomic E-state index is 12.5. The van der Waals surface area contributed by atoms with Crippen LogP contribution in [0.15, 0.2) is 17.3 Å². The largest absolute Gasteiger partial charge is 0.495 e. The van der Waals surface area contributed by atoms with Crippen LogP contribution in [0.1, 0.15) is 44.5 Å². The molecule has 7 nitrogen and oxygen atoms in total. The van der Waals surface area contributed by atoms with Gasteiger partial charge >= 0.3 is 0 Å². The molecule has 0 radical (unpaired) electrons. The summed E-state index contributed by atoms with van der Waals surface area (Å²) >= 11 is 7.47. The summed E-state index contributed by atoms with van der Waals surface area (Å²) in [5.74, 6) is 2.51. The monoisotopic (exact) mass is 410 g/mol. The lowest BCUT2D eigenvalue weighted by atomic mass is 10.2. The van der Waals surface area contributed by atoms with Crippen LogP contribution in [0.2, 0.25) is 5.02 Å². The number of rotatable bonds is 8. The fraction of sp³-hybridized carbons (Fsp3) is 0.500. The molecule has 1 amide bonds. The molecule has 1 aromatic carbocycles. The van der Waals surface area contributed by atoms with Gasteiger partial charge in [0.05, 0.1) is 30.7 Å². The third-order valence-corrected chi connectivity index (χ3v) is 5.47. The lowest BCUT2D eigenvalue weighted by Crippen LogP contribution is -2.16. The van der Waals surface area contributed by atoms with Crippen molar-refractivity contribution in [2.24, 2.45) is 0 Å². The summed E-state index contributed by atoms with van der Waals surface area (Å²) in [5, 5.41) is 12.6. The first-order valence-electron chi connectivity index (χ1n) is 8.73. The average molecular weight is 411 g/mol. The zero-order valence-corrected chi connectivity index (χ0v) is 17.4. The number of nitrogens with one attached hydrogen (secondary N) is 1. The van der Waals surface area contributed by atoms with Crippen LogP contribution in [0.4, 0.5) is 5.69 Å². The third-order valence-electron chi connectivity index (χ3n) is 4.23. The molecule has 146 valence electrons. The molecule has 0 saturated heterocycles. The van der Waals surface area contributed by atoms with Gasteiger partial charge < -0.3 is 19.4 Å². The number of carbonyl (C=O) groups is 1. The zero-order valence-electron chi connectivity index (χ0n) is 15.8. The van der Waals surface area contributed by atoms with E-state index in [1.807, 2.05) is 0 Å². The Balaban J connectivity index is 1.69. The van der Waals surface area contributed by atoms with Crippen LogP contribution >= 0.6 is 23.4 Å². The van der Waals surface area contributed by atoms with E-state index in [2.05, 4.69) is 33.9 Å². The number of thioether (sulfide) groups is 1. The highest BCUT2D eigenvalue weighted by molar-refractivity contribution is 7.99. The second-order valence-corrected chi connectivity index (χ2v) is 7.95. The highest BCUT2D eigenvalue weighted by Gasteiger charge is 2.31. The molecule has 9 heteroatoms. The van der Waals surface area contributed by atoms with Crippen LogP contribution in [0.3, 0.4) is 0 Å². The van der Waals surface area contributed by atoms with E-state index in [9.17, 15) is 4.79 Å². The van der Waals surface area contributed by atoms with E-state index in [4.69, 9.17) is 21.1 Å². The van der Waals surface area contributed by atoms with E-state index in [1.54, 1.807) is 12.1 Å². The Morgan fingerprint density at radius 1 is 1.30 bits per heavy atom. The number of hydrogen-bond acceptors (Lipinski definition) is 6. The Morgan fingerprint density at radius 3 is 2.59 bits per heavy atom. The van der Waals surface area contributed by atoms with Crippen molar-refractivity contribution in [3.8, 4) is 11.5 Å². The first-order valence-corrected chi connectivity index (χ1v) is 10.1. The number of aromatic nitrogens is 3. The Labute approximate surface area is 167 Å². The van der Waals surface area contributed by atoms with Gasteiger partial charge in [-0.05, 0) is 26.7 Å². The van der Waals surface area contributed by atoms with Crippen molar-refractivity contribution >= 4 is 35.0 Å². The van der Waals surface area contributed by atoms with E-state index in [0.29, 0.717) is 28.1 Å². The summed E-state index contributed by atoms with van der Waals surface area (Å²) < 4.78 is 12.6. The summed E-state index contributed by atoms with van der Waals surface area (Å²) in [6.07, 6.45) is 2.32. The Kier molecular flexibility index (Phi) is 6.16. The van der Waals surface area contributed by atoms with E-state index >= 15 is 0 Å². The predicted octanol–water partition coefficient (Wildman–Crippen LogP) is 4.14. The predicted molar refractivity (Wildman–Crippen MR) is 106 cm³/mol. The van der Waals surface area contributed by atoms with Gasteiger partial charge in [-0.3, -0.25) is 4.79 Å². The molecule has 0 bridgehead atoms. The van der Waals surface area contributed by atoms with Gasteiger partial charge in [-0.2, -0.15) is 0 Å². The number of benzene rings is 1. The maximum atomic E-state index is 12.5. The second-order valence-electron chi connectivity index (χ2n) is 6.60. The van der Waals surface area contributed by atoms with Crippen molar-refractivity contribution in [2.75, 3.05) is 25.3 Å². The van der Waals surface area contributed by atoms with Gasteiger partial charge in [-0.25, -0.2) is 0 Å². The van der Waals surface area contributed by atoms with Crippen molar-refractivity contribution in [1.82, 2.24) is 14.8 Å². The summed E-state index contributed by atoms with van der Waals surface area (Å²) in [6, 6.07) is 3.51. The molecule has 2 aromatic rings. The standard InChI is InChI=1S/C18H23ClN4O3S/c1-10(2)23-17(11-5-6-11)21-22-18(23)27-9-16(24)20-13-8-14(25-3)12(19)7-15(13)26-4/h7-8,10-11H,5-6,9H2,1-4H3,(H,20,24). The molecule has 1 aliphatic carbocycles. The molecule has 0 spiro atoms. The van der Waals surface area contributed by atoms with Gasteiger partial charge in [-0.15, -0.1) is 10.2 Å². The number of methoxy groups -OCH3 is 2. The lowest BCUT2D eigenvalue weighted by molar-refractivity contribution is -0.113. The van der Waals surface area contributed by atoms with E-state index in [1.165, 1.54) is 26.0 Å². The summed E-state index contributed by atoms with van der Waals surface area (Å²) in [5.41, 5.74) is 0.508. The third kappa shape index (κ3) is 4.50. The molecule has 1 heterocycles. The normalized spacial score (nSPS) is 13.7. The molecule has 1 aliphatic rings. The van der Waals surface area contributed by atoms with Crippen molar-refractivity contribution in [3.05, 3.63) is 23.0 Å². The fourth-order valence-corrected chi connectivity index (χ4v) is 3.87. The highest BCUT2D eigenvalue weighted by atomic mass is 35.5. The molecule has 0 unspecified atom stereocenters. The molecule has 0 aliphatic heterocycles. The summed E-state index contributed by atoms with van der Waals surface area (Å²) in [6.45, 7) is 4.20. The van der Waals surface area contributed by atoms with E-state index < -0.39 is 0 Å². The molecular formula is C18H23ClN4O3S. The number of hydrogen-bond donors (Lipinski definition) is 1. The van der Waals surface area contributed by atoms with Crippen LogP contribution in [0, 0.1) is 0 Å². The minimum atomic E-state index is -0.172. The Morgan fingerprint density at radius 2 is 2.00 bits per heavy atom. The zero-order chi connectivity index (χ0) is 19.6. The number of amides is 1. The topological polar surface area (TPSA) is 78.3 Å². The second kappa shape index (κ2) is 8.39. The SMILES string of the molecule is COc1cc(NC(=O)CSc2nnc(C3CC3)n2C(C)C)c(OC)cc1Cl. The van der Waals surface area contributed by atoms with E-state index in [0.717, 1.165) is 23.8 Å². The fourth-order valence-electron chi connectivity index (χ4n) is 2.77. The first-order chi connectivity index (χ1) is 12.9. The molecule has 1 saturated carbocycles. The Hall–Kier alpha value is -1.93. The van der Waals surface area contributed by atoms with Crippen LogP contribution < -0.4 is 14.8 Å². The van der Waals surface area contributed by atoms with Crippen LogP contribution in [-0.2, 0) is 4.79 Å². The minimum Gasteiger partial charge on any atom is -0.495 e. The molecular weight excluding hydrogens is 388 g/mol. The molecule has 3 rings (SSSR count). The van der Waals surface area contributed by atoms with Gasteiger partial charge in [-0.1, -0.05) is 23.4 Å². The molecule has 1 fully saturated rings. The highest BCUT2D eigenvalue weighted by Crippen LogP contribution is 2.41. The van der Waals surface area contributed by atoms with Gasteiger partial charge in [0.15, 0.2) is 5.16 Å². The maximum Gasteiger partial charge on any atom is 0.234 e. The smallest absolute Gasteiger partial charge is 0.234 e. The van der Waals surface area contributed by atoms with Crippen LogP contribution in [-0.4, -0.2) is 40.6 Å². The van der Waals surface area contributed by atoms with Gasteiger partial charge in [0.1, 0.15) is 17.3 Å². The first kappa shape index (κ1) is 19.8. The van der Waals surface area contributed by atoms with Gasteiger partial charge in [0.2, 0.25) is 5.91 Å². The van der Waals surface area contributed by atoms with Crippen molar-refractivity contribution in [2.45, 2.75) is 43.8 Å². The van der Waals surface area contributed by atoms with Crippen molar-refractivity contribution in [3.63, 3.8) is 0 Å². The van der Waals surface area contributed by atoms with Crippen LogP contribution in [0.5, 0.6) is 11.5 Å². The van der Waals surface area contributed by atoms with Crippen LogP contribution in [0.25, 0.3) is 0 Å². The van der Waals surface area contributed by atoms with Gasteiger partial charge in [0.25, 0.3) is 0 Å². The number of carbonyl (C=O) groups excluding carboxylic acids is 1. The number of halogens is 1. The van der Waals surface area contributed by atoms with Crippen molar-refractivity contribution in [1.29, 1.82) is 0 Å². The Bertz CT molecular complexity index is 836. The number of ether oxygens (including phenoxy) is 2. The average Bonchev–Trinajstić information content (AvgIpc) is 3.39. The van der Waals surface area contributed by atoms with Gasteiger partial charge in [0, 0.05) is 24.1 Å². The molecule has 27 heavy (non-hydrogen) atoms. The minimum absolute atomic E-state index is 0.172. The van der Waals surface area contributed by atoms with E-state index in [-0.39, 0.29) is 17.7 Å². The molecule has 0 atom stereocenters.